The van der Waals surface area contributed by atoms with Gasteiger partial charge >= 0.3 is 0 Å². The summed E-state index contributed by atoms with van der Waals surface area (Å²) in [6.45, 7) is 3.55. The summed E-state index contributed by atoms with van der Waals surface area (Å²) in [6.07, 6.45) is 2.74. The monoisotopic (exact) mass is 392 g/mol. The fourth-order valence-corrected chi connectivity index (χ4v) is 4.86. The van der Waals surface area contributed by atoms with Gasteiger partial charge in [-0.15, -0.1) is 0 Å². The quantitative estimate of drug-likeness (QED) is 0.569. The maximum absolute atomic E-state index is 12.8. The van der Waals surface area contributed by atoms with Crippen molar-refractivity contribution >= 4 is 17.7 Å². The first-order chi connectivity index (χ1) is 14.1. The Kier molecular flexibility index (Phi) is 4.61. The largest absolute Gasteiger partial charge is 0.322 e. The van der Waals surface area contributed by atoms with Crippen LogP contribution in [0.5, 0.6) is 0 Å². The smallest absolute Gasteiger partial charge is 0.255 e. The normalized spacial score (nSPS) is 28.3. The van der Waals surface area contributed by atoms with Crippen LogP contribution in [0.1, 0.15) is 47.2 Å². The molecular weight excluding hydrogens is 368 g/mol. The van der Waals surface area contributed by atoms with Gasteiger partial charge in [0, 0.05) is 62.2 Å². The Morgan fingerprint density at radius 2 is 1.93 bits per heavy atom. The first-order valence-electron chi connectivity index (χ1n) is 10.3. The Bertz CT molecular complexity index is 931. The minimum atomic E-state index is -0.590. The lowest BCUT2D eigenvalue weighted by Gasteiger charge is -2.48. The van der Waals surface area contributed by atoms with Crippen molar-refractivity contribution in [3.8, 4) is 11.8 Å². The zero-order valence-corrected chi connectivity index (χ0v) is 16.2. The van der Waals surface area contributed by atoms with E-state index >= 15 is 0 Å². The van der Waals surface area contributed by atoms with Crippen molar-refractivity contribution in [1.29, 1.82) is 0 Å². The highest BCUT2D eigenvalue weighted by Gasteiger charge is 2.39. The molecule has 150 valence electrons. The summed E-state index contributed by atoms with van der Waals surface area (Å²) in [5.41, 5.74) is 2.36. The van der Waals surface area contributed by atoms with Crippen molar-refractivity contribution in [2.45, 2.75) is 50.4 Å². The Morgan fingerprint density at radius 3 is 2.69 bits per heavy atom. The molecule has 1 aromatic rings. The van der Waals surface area contributed by atoms with E-state index < -0.39 is 6.04 Å². The lowest BCUT2D eigenvalue weighted by atomic mass is 9.91. The average molecular weight is 392 g/mol. The lowest BCUT2D eigenvalue weighted by molar-refractivity contribution is -0.136. The van der Waals surface area contributed by atoms with E-state index in [0.29, 0.717) is 30.6 Å². The van der Waals surface area contributed by atoms with Crippen LogP contribution < -0.4 is 10.6 Å². The summed E-state index contributed by atoms with van der Waals surface area (Å²) < 4.78 is 0. The van der Waals surface area contributed by atoms with E-state index in [1.54, 1.807) is 11.0 Å². The van der Waals surface area contributed by atoms with E-state index in [4.69, 9.17) is 0 Å². The third-order valence-corrected chi connectivity index (χ3v) is 6.36. The van der Waals surface area contributed by atoms with Crippen LogP contribution >= 0.6 is 0 Å². The molecule has 5 heterocycles. The van der Waals surface area contributed by atoms with E-state index in [0.717, 1.165) is 37.2 Å². The van der Waals surface area contributed by atoms with Gasteiger partial charge in [-0.25, -0.2) is 0 Å². The van der Waals surface area contributed by atoms with Gasteiger partial charge in [-0.05, 0) is 30.5 Å². The Balaban J connectivity index is 1.26. The number of nitrogens with one attached hydrogen (secondary N) is 2. The zero-order chi connectivity index (χ0) is 20.0. The number of piperazine rings is 1. The van der Waals surface area contributed by atoms with Crippen LogP contribution in [-0.2, 0) is 16.1 Å². The predicted molar refractivity (Wildman–Crippen MR) is 106 cm³/mol. The second kappa shape index (κ2) is 7.29. The fraction of sp³-hybridized carbons (Fsp3) is 0.500. The van der Waals surface area contributed by atoms with Gasteiger partial charge in [0.2, 0.25) is 11.8 Å². The van der Waals surface area contributed by atoms with Gasteiger partial charge in [-0.1, -0.05) is 17.9 Å². The molecule has 3 atom stereocenters. The van der Waals surface area contributed by atoms with E-state index in [-0.39, 0.29) is 24.1 Å². The van der Waals surface area contributed by atoms with Crippen molar-refractivity contribution in [3.63, 3.8) is 0 Å². The number of hydrogen-bond donors (Lipinski definition) is 2. The molecule has 0 saturated carbocycles. The van der Waals surface area contributed by atoms with E-state index in [2.05, 4.69) is 27.4 Å². The molecule has 4 fully saturated rings. The summed E-state index contributed by atoms with van der Waals surface area (Å²) >= 11 is 0. The number of rotatable bonds is 3. The molecule has 2 bridgehead atoms. The zero-order valence-electron chi connectivity index (χ0n) is 16.2. The number of fused-ring (bicyclic) bond motifs is 3. The van der Waals surface area contributed by atoms with Crippen LogP contribution in [0.25, 0.3) is 0 Å². The highest BCUT2D eigenvalue weighted by molar-refractivity contribution is 6.05. The van der Waals surface area contributed by atoms with E-state index in [1.165, 1.54) is 6.42 Å². The molecule has 6 rings (SSSR count). The van der Waals surface area contributed by atoms with Gasteiger partial charge in [0.25, 0.3) is 5.91 Å². The Morgan fingerprint density at radius 1 is 1.14 bits per heavy atom. The molecule has 7 heteroatoms. The number of hydrogen-bond acceptors (Lipinski definition) is 5. The summed E-state index contributed by atoms with van der Waals surface area (Å²) in [4.78, 5) is 40.5. The second-order valence-corrected chi connectivity index (χ2v) is 8.34. The Labute approximate surface area is 169 Å². The van der Waals surface area contributed by atoms with Crippen LogP contribution in [0.4, 0.5) is 0 Å². The predicted octanol–water partition coefficient (Wildman–Crippen LogP) is 0.235. The van der Waals surface area contributed by atoms with Crippen LogP contribution in [-0.4, -0.2) is 65.3 Å². The minimum absolute atomic E-state index is 0.154. The molecule has 1 aromatic carbocycles. The number of benzene rings is 1. The SMILES string of the molecule is O=C1CCC(N2Cc3c(C#CCCN4CC5CC(C4)N5)cccc3C2=O)C(=O)N1. The number of nitrogens with zero attached hydrogens (tertiary/aromatic N) is 2. The number of imide groups is 1. The molecule has 4 saturated heterocycles. The van der Waals surface area contributed by atoms with Crippen molar-refractivity contribution in [2.75, 3.05) is 19.6 Å². The first kappa shape index (κ1) is 18.3. The molecule has 5 aliphatic rings. The average Bonchev–Trinajstić information content (AvgIpc) is 3.02. The summed E-state index contributed by atoms with van der Waals surface area (Å²) in [5.74, 6) is 5.70. The second-order valence-electron chi connectivity index (χ2n) is 8.34. The van der Waals surface area contributed by atoms with Gasteiger partial charge in [-0.2, -0.15) is 0 Å². The molecule has 0 radical (unpaired) electrons. The van der Waals surface area contributed by atoms with Crippen LogP contribution in [0.2, 0.25) is 0 Å². The molecule has 7 nitrogen and oxygen atoms in total. The highest BCUT2D eigenvalue weighted by atomic mass is 16.2. The van der Waals surface area contributed by atoms with Crippen molar-refractivity contribution < 1.29 is 14.4 Å². The summed E-state index contributed by atoms with van der Waals surface area (Å²) in [5, 5.41) is 5.87. The molecular formula is C22H24N4O3. The standard InChI is InChI=1S/C22H24N4O3/c27-20-8-7-19(21(28)24-20)26-13-18-14(5-3-6-17(18)22(26)29)4-1-2-9-25-11-15-10-16(12-25)23-15/h3,5-6,15-16,19,23H,2,7-13H2,(H,24,27,28). The number of piperidine rings is 2. The molecule has 0 aliphatic carbocycles. The molecule has 0 spiro atoms. The van der Waals surface area contributed by atoms with Gasteiger partial charge in [0.1, 0.15) is 6.04 Å². The van der Waals surface area contributed by atoms with Gasteiger partial charge < -0.3 is 10.2 Å². The molecule has 29 heavy (non-hydrogen) atoms. The highest BCUT2D eigenvalue weighted by Crippen LogP contribution is 2.29. The van der Waals surface area contributed by atoms with Crippen LogP contribution in [0.3, 0.4) is 0 Å². The molecule has 3 unspecified atom stereocenters. The third kappa shape index (κ3) is 3.43. The molecule has 5 aliphatic heterocycles. The summed E-state index contributed by atoms with van der Waals surface area (Å²) in [6, 6.07) is 6.30. The van der Waals surface area contributed by atoms with Gasteiger partial charge in [0.15, 0.2) is 0 Å². The number of carbonyl (C=O) groups excluding carboxylic acids is 3. The first-order valence-corrected chi connectivity index (χ1v) is 10.3. The van der Waals surface area contributed by atoms with Crippen LogP contribution in [0, 0.1) is 11.8 Å². The number of amides is 3. The summed E-state index contributed by atoms with van der Waals surface area (Å²) in [7, 11) is 0. The molecule has 3 amide bonds. The van der Waals surface area contributed by atoms with Gasteiger partial charge in [0.05, 0.1) is 0 Å². The lowest BCUT2D eigenvalue weighted by Crippen LogP contribution is -2.66. The van der Waals surface area contributed by atoms with E-state index in [9.17, 15) is 14.4 Å². The van der Waals surface area contributed by atoms with Crippen molar-refractivity contribution in [2.24, 2.45) is 0 Å². The topological polar surface area (TPSA) is 81.8 Å². The fourth-order valence-electron chi connectivity index (χ4n) is 4.86. The van der Waals surface area contributed by atoms with E-state index in [1.807, 2.05) is 12.1 Å². The maximum atomic E-state index is 12.8. The van der Waals surface area contributed by atoms with Crippen molar-refractivity contribution in [3.05, 3.63) is 34.9 Å². The Hall–Kier alpha value is -2.69. The van der Waals surface area contributed by atoms with Gasteiger partial charge in [-0.3, -0.25) is 24.6 Å². The van der Waals surface area contributed by atoms with Crippen LogP contribution in [0.15, 0.2) is 18.2 Å². The third-order valence-electron chi connectivity index (χ3n) is 6.36. The number of carbonyl (C=O) groups is 3. The molecule has 0 aromatic heterocycles. The maximum Gasteiger partial charge on any atom is 0.255 e. The van der Waals surface area contributed by atoms with Crippen molar-refractivity contribution in [1.82, 2.24) is 20.4 Å². The molecule has 2 N–H and O–H groups in total. The minimum Gasteiger partial charge on any atom is -0.322 e.